The maximum atomic E-state index is 11.9. The molecule has 0 spiro atoms. The third kappa shape index (κ3) is 3.56. The van der Waals surface area contributed by atoms with E-state index < -0.39 is 23.2 Å². The second kappa shape index (κ2) is 6.48. The molecule has 0 heterocycles. The zero-order valence-electron chi connectivity index (χ0n) is 11.5. The van der Waals surface area contributed by atoms with E-state index in [9.17, 15) is 20.1 Å². The molecule has 0 bridgehead atoms. The zero-order chi connectivity index (χ0) is 16.3. The fourth-order valence-corrected chi connectivity index (χ4v) is 2.11. The lowest BCUT2D eigenvalue weighted by Gasteiger charge is -2.06. The van der Waals surface area contributed by atoms with Crippen molar-refractivity contribution in [1.29, 1.82) is 0 Å². The Labute approximate surface area is 134 Å². The molecular formula is C15H13BrN2O4. The van der Waals surface area contributed by atoms with Crippen LogP contribution in [0, 0.1) is 0 Å². The number of benzene rings is 2. The normalized spacial score (nSPS) is 11.3. The Morgan fingerprint density at radius 3 is 2.32 bits per heavy atom. The first kappa shape index (κ1) is 15.8. The van der Waals surface area contributed by atoms with Gasteiger partial charge in [-0.2, -0.15) is 5.10 Å². The van der Waals surface area contributed by atoms with Gasteiger partial charge in [-0.05, 0) is 36.8 Å². The van der Waals surface area contributed by atoms with Gasteiger partial charge in [0.25, 0.3) is 5.91 Å². The van der Waals surface area contributed by atoms with Crippen LogP contribution in [0.25, 0.3) is 0 Å². The smallest absolute Gasteiger partial charge is 0.271 e. The van der Waals surface area contributed by atoms with E-state index in [1.807, 2.05) is 24.3 Å². The molecule has 0 aromatic heterocycles. The monoisotopic (exact) mass is 364 g/mol. The lowest BCUT2D eigenvalue weighted by molar-refractivity contribution is 0.0954. The van der Waals surface area contributed by atoms with Crippen LogP contribution in [-0.4, -0.2) is 26.9 Å². The Morgan fingerprint density at radius 1 is 1.09 bits per heavy atom. The van der Waals surface area contributed by atoms with Crippen molar-refractivity contribution in [3.05, 3.63) is 52.0 Å². The molecule has 6 nitrogen and oxygen atoms in total. The highest BCUT2D eigenvalue weighted by atomic mass is 79.9. The number of hydrogen-bond acceptors (Lipinski definition) is 5. The second-order valence-electron chi connectivity index (χ2n) is 4.51. The van der Waals surface area contributed by atoms with Gasteiger partial charge in [-0.15, -0.1) is 0 Å². The minimum absolute atomic E-state index is 0.0291. The number of nitrogens with zero attached hydrogens (tertiary/aromatic N) is 1. The molecule has 4 N–H and O–H groups in total. The Bertz CT molecular complexity index is 736. The number of amides is 1. The molecule has 114 valence electrons. The third-order valence-electron chi connectivity index (χ3n) is 2.90. The molecule has 2 aromatic carbocycles. The topological polar surface area (TPSA) is 102 Å². The first-order chi connectivity index (χ1) is 10.4. The van der Waals surface area contributed by atoms with Crippen LogP contribution in [-0.2, 0) is 0 Å². The number of nitrogens with one attached hydrogen (secondary N) is 1. The number of halogens is 1. The predicted octanol–water partition coefficient (Wildman–Crippen LogP) is 2.72. The summed E-state index contributed by atoms with van der Waals surface area (Å²) < 4.78 is 0.888. The first-order valence-electron chi connectivity index (χ1n) is 6.24. The number of phenols is 3. The van der Waals surface area contributed by atoms with E-state index in [1.54, 1.807) is 6.92 Å². The molecule has 1 amide bonds. The van der Waals surface area contributed by atoms with Gasteiger partial charge in [-0.1, -0.05) is 28.1 Å². The summed E-state index contributed by atoms with van der Waals surface area (Å²) in [6.45, 7) is 1.73. The Morgan fingerprint density at radius 2 is 1.73 bits per heavy atom. The van der Waals surface area contributed by atoms with E-state index in [0.717, 1.165) is 22.2 Å². The molecule has 0 fully saturated rings. The van der Waals surface area contributed by atoms with Crippen molar-refractivity contribution < 1.29 is 20.1 Å². The highest BCUT2D eigenvalue weighted by molar-refractivity contribution is 9.10. The average Bonchev–Trinajstić information content (AvgIpc) is 2.49. The Hall–Kier alpha value is -2.54. The Balaban J connectivity index is 2.17. The lowest BCUT2D eigenvalue weighted by atomic mass is 10.1. The van der Waals surface area contributed by atoms with Crippen molar-refractivity contribution in [2.75, 3.05) is 0 Å². The van der Waals surface area contributed by atoms with Crippen molar-refractivity contribution in [3.63, 3.8) is 0 Å². The number of hydrogen-bond donors (Lipinski definition) is 4. The van der Waals surface area contributed by atoms with Gasteiger partial charge in [-0.25, -0.2) is 5.43 Å². The van der Waals surface area contributed by atoms with E-state index in [-0.39, 0.29) is 5.56 Å². The molecule has 7 heteroatoms. The molecule has 0 atom stereocenters. The van der Waals surface area contributed by atoms with Crippen LogP contribution in [0.15, 0.2) is 46.0 Å². The highest BCUT2D eigenvalue weighted by Crippen LogP contribution is 2.35. The van der Waals surface area contributed by atoms with Crippen LogP contribution >= 0.6 is 15.9 Å². The summed E-state index contributed by atoms with van der Waals surface area (Å²) in [6, 6.07) is 9.48. The first-order valence-corrected chi connectivity index (χ1v) is 7.03. The standard InChI is InChI=1S/C15H13BrN2O4/c1-8(9-3-2-4-11(16)5-9)17-18-15(22)10-6-12(19)14(21)13(20)7-10/h2-7,19-21H,1H3,(H,18,22). The molecule has 0 aliphatic carbocycles. The van der Waals surface area contributed by atoms with Gasteiger partial charge in [0.15, 0.2) is 17.2 Å². The van der Waals surface area contributed by atoms with Crippen molar-refractivity contribution in [2.45, 2.75) is 6.92 Å². The van der Waals surface area contributed by atoms with Crippen LogP contribution in [0.2, 0.25) is 0 Å². The van der Waals surface area contributed by atoms with Crippen molar-refractivity contribution in [3.8, 4) is 17.2 Å². The summed E-state index contributed by atoms with van der Waals surface area (Å²) in [5.41, 5.74) is 3.70. The fraction of sp³-hybridized carbons (Fsp3) is 0.0667. The van der Waals surface area contributed by atoms with E-state index in [4.69, 9.17) is 0 Å². The molecular weight excluding hydrogens is 352 g/mol. The van der Waals surface area contributed by atoms with E-state index in [2.05, 4.69) is 26.5 Å². The Kier molecular flexibility index (Phi) is 4.67. The summed E-state index contributed by atoms with van der Waals surface area (Å²) in [5.74, 6) is -2.47. The molecule has 2 rings (SSSR count). The number of aromatic hydroxyl groups is 3. The summed E-state index contributed by atoms with van der Waals surface area (Å²) in [5, 5.41) is 32.0. The molecule has 0 radical (unpaired) electrons. The van der Waals surface area contributed by atoms with E-state index >= 15 is 0 Å². The summed E-state index contributed by atoms with van der Waals surface area (Å²) in [4.78, 5) is 11.9. The molecule has 0 saturated heterocycles. The molecule has 0 unspecified atom stereocenters. The fourth-order valence-electron chi connectivity index (χ4n) is 1.71. The summed E-state index contributed by atoms with van der Waals surface area (Å²) in [6.07, 6.45) is 0. The minimum atomic E-state index is -0.676. The van der Waals surface area contributed by atoms with E-state index in [1.165, 1.54) is 0 Å². The van der Waals surface area contributed by atoms with Crippen LogP contribution in [0.1, 0.15) is 22.8 Å². The number of hydrazone groups is 1. The molecule has 2 aromatic rings. The molecule has 0 aliphatic heterocycles. The second-order valence-corrected chi connectivity index (χ2v) is 5.43. The number of carbonyl (C=O) groups is 1. The van der Waals surface area contributed by atoms with Crippen molar-refractivity contribution >= 4 is 27.5 Å². The van der Waals surface area contributed by atoms with Gasteiger partial charge in [0.1, 0.15) is 0 Å². The quantitative estimate of drug-likeness (QED) is 0.382. The maximum absolute atomic E-state index is 11.9. The van der Waals surface area contributed by atoms with Crippen molar-refractivity contribution in [2.24, 2.45) is 5.10 Å². The van der Waals surface area contributed by atoms with Gasteiger partial charge < -0.3 is 15.3 Å². The molecule has 22 heavy (non-hydrogen) atoms. The van der Waals surface area contributed by atoms with Crippen LogP contribution in [0.3, 0.4) is 0 Å². The highest BCUT2D eigenvalue weighted by Gasteiger charge is 2.13. The largest absolute Gasteiger partial charge is 0.504 e. The SMILES string of the molecule is CC(=NNC(=O)c1cc(O)c(O)c(O)c1)c1cccc(Br)c1. The van der Waals surface area contributed by atoms with Gasteiger partial charge in [0.05, 0.1) is 5.71 Å². The van der Waals surface area contributed by atoms with Crippen LogP contribution < -0.4 is 5.43 Å². The van der Waals surface area contributed by atoms with Gasteiger partial charge in [0, 0.05) is 10.0 Å². The maximum Gasteiger partial charge on any atom is 0.271 e. The number of phenolic OH excluding ortho intramolecular Hbond substituents is 3. The van der Waals surface area contributed by atoms with Crippen LogP contribution in [0.5, 0.6) is 17.2 Å². The average molecular weight is 365 g/mol. The zero-order valence-corrected chi connectivity index (χ0v) is 13.1. The van der Waals surface area contributed by atoms with Gasteiger partial charge >= 0.3 is 0 Å². The molecule has 0 saturated carbocycles. The van der Waals surface area contributed by atoms with Gasteiger partial charge in [0.2, 0.25) is 0 Å². The van der Waals surface area contributed by atoms with Gasteiger partial charge in [-0.3, -0.25) is 4.79 Å². The number of carbonyl (C=O) groups excluding carboxylic acids is 1. The lowest BCUT2D eigenvalue weighted by Crippen LogP contribution is -2.19. The molecule has 0 aliphatic rings. The summed E-state index contributed by atoms with van der Waals surface area (Å²) in [7, 11) is 0. The third-order valence-corrected chi connectivity index (χ3v) is 3.39. The van der Waals surface area contributed by atoms with E-state index in [0.29, 0.717) is 5.71 Å². The minimum Gasteiger partial charge on any atom is -0.504 e. The number of rotatable bonds is 3. The van der Waals surface area contributed by atoms with Crippen molar-refractivity contribution in [1.82, 2.24) is 5.43 Å². The van der Waals surface area contributed by atoms with Crippen LogP contribution in [0.4, 0.5) is 0 Å². The predicted molar refractivity (Wildman–Crippen MR) is 85.3 cm³/mol. The summed E-state index contributed by atoms with van der Waals surface area (Å²) >= 11 is 3.35.